The van der Waals surface area contributed by atoms with Crippen molar-refractivity contribution in [3.63, 3.8) is 0 Å². The first kappa shape index (κ1) is 21.1. The number of nitrogens with zero attached hydrogens (tertiary/aromatic N) is 5. The van der Waals surface area contributed by atoms with Crippen molar-refractivity contribution in [2.75, 3.05) is 29.8 Å². The lowest BCUT2D eigenvalue weighted by Gasteiger charge is -2.41. The van der Waals surface area contributed by atoms with Crippen LogP contribution in [0.4, 0.5) is 29.5 Å². The van der Waals surface area contributed by atoms with Gasteiger partial charge in [-0.2, -0.15) is 18.3 Å². The van der Waals surface area contributed by atoms with Gasteiger partial charge >= 0.3 is 12.3 Å². The minimum atomic E-state index is -4.53. The van der Waals surface area contributed by atoms with Crippen molar-refractivity contribution in [1.29, 1.82) is 0 Å². The minimum absolute atomic E-state index is 0.0898. The smallest absolute Gasteiger partial charge is 0.410 e. The zero-order valence-electron chi connectivity index (χ0n) is 15.6. The molecule has 1 aliphatic heterocycles. The number of aromatic nitrogens is 2. The zero-order valence-corrected chi connectivity index (χ0v) is 15.6. The molecule has 2 rings (SSSR count). The summed E-state index contributed by atoms with van der Waals surface area (Å²) in [5, 5.41) is 22.0. The summed E-state index contributed by atoms with van der Waals surface area (Å²) in [5.41, 5.74) is -0.946. The maximum Gasteiger partial charge on any atom is 0.410 e. The third-order valence-electron chi connectivity index (χ3n) is 3.89. The Hall–Kier alpha value is -2.21. The van der Waals surface area contributed by atoms with Crippen LogP contribution in [0.3, 0.4) is 0 Å². The van der Waals surface area contributed by atoms with Gasteiger partial charge in [-0.1, -0.05) is 0 Å². The highest BCUT2D eigenvalue weighted by Crippen LogP contribution is 2.32. The highest BCUT2D eigenvalue weighted by molar-refractivity contribution is 5.70. The number of ether oxygens (including phenoxy) is 1. The fourth-order valence-corrected chi connectivity index (χ4v) is 2.86. The molecule has 27 heavy (non-hydrogen) atoms. The summed E-state index contributed by atoms with van der Waals surface area (Å²) < 4.78 is 44.4. The second-order valence-electron chi connectivity index (χ2n) is 7.38. The molecular formula is C15H24F3N5O4. The van der Waals surface area contributed by atoms with E-state index in [0.717, 1.165) is 6.20 Å². The van der Waals surface area contributed by atoms with Crippen molar-refractivity contribution in [2.24, 2.45) is 0 Å². The first-order valence-corrected chi connectivity index (χ1v) is 8.33. The highest BCUT2D eigenvalue weighted by atomic mass is 19.4. The lowest BCUT2D eigenvalue weighted by Crippen LogP contribution is -2.55. The molecule has 0 aliphatic carbocycles. The molecule has 0 saturated carbocycles. The summed E-state index contributed by atoms with van der Waals surface area (Å²) in [7, 11) is 0. The number of hydrogen-bond donors (Lipinski definition) is 2. The summed E-state index contributed by atoms with van der Waals surface area (Å²) in [6.07, 6.45) is -4.10. The zero-order chi connectivity index (χ0) is 20.6. The quantitative estimate of drug-likeness (QED) is 0.760. The summed E-state index contributed by atoms with van der Waals surface area (Å²) in [6.45, 7) is 6.12. The van der Waals surface area contributed by atoms with Crippen LogP contribution in [-0.4, -0.2) is 68.6 Å². The van der Waals surface area contributed by atoms with E-state index in [-0.39, 0.29) is 42.4 Å². The molecule has 0 spiro atoms. The summed E-state index contributed by atoms with van der Waals surface area (Å²) in [6, 6.07) is -0.374. The molecule has 1 atom stereocenters. The van der Waals surface area contributed by atoms with Gasteiger partial charge in [0.25, 0.3) is 0 Å². The van der Waals surface area contributed by atoms with E-state index >= 15 is 0 Å². The Morgan fingerprint density at radius 2 is 1.96 bits per heavy atom. The van der Waals surface area contributed by atoms with Gasteiger partial charge in [0, 0.05) is 25.7 Å². The fourth-order valence-electron chi connectivity index (χ4n) is 2.86. The number of piperazine rings is 1. The molecule has 1 fully saturated rings. The minimum Gasteiger partial charge on any atom is -0.444 e. The Morgan fingerprint density at radius 1 is 1.33 bits per heavy atom. The van der Waals surface area contributed by atoms with E-state index in [9.17, 15) is 28.4 Å². The topological polar surface area (TPSA) is 94.3 Å². The third-order valence-corrected chi connectivity index (χ3v) is 3.89. The SMILES string of the molecule is CC1CN(c2c(N(O)O)cnn2CC(F)(F)F)CCN1C(=O)OC(C)(C)C. The Bertz CT molecular complexity index is 671. The molecule has 0 bridgehead atoms. The van der Waals surface area contributed by atoms with E-state index in [0.29, 0.717) is 4.68 Å². The van der Waals surface area contributed by atoms with Crippen LogP contribution < -0.4 is 10.1 Å². The number of hydrogen-bond acceptors (Lipinski definition) is 7. The molecular weight excluding hydrogens is 371 g/mol. The Balaban J connectivity index is 2.21. The number of anilines is 2. The lowest BCUT2D eigenvalue weighted by molar-refractivity contribution is -0.142. The van der Waals surface area contributed by atoms with Crippen molar-refractivity contribution in [3.8, 4) is 0 Å². The van der Waals surface area contributed by atoms with Gasteiger partial charge in [0.15, 0.2) is 11.5 Å². The molecule has 1 aromatic heterocycles. The molecule has 9 nitrogen and oxygen atoms in total. The first-order valence-electron chi connectivity index (χ1n) is 8.33. The first-order chi connectivity index (χ1) is 12.3. The molecule has 1 amide bonds. The van der Waals surface area contributed by atoms with Crippen LogP contribution >= 0.6 is 0 Å². The highest BCUT2D eigenvalue weighted by Gasteiger charge is 2.36. The van der Waals surface area contributed by atoms with Crippen molar-refractivity contribution in [3.05, 3.63) is 6.20 Å². The second kappa shape index (κ2) is 7.43. The molecule has 1 saturated heterocycles. The fraction of sp³-hybridized carbons (Fsp3) is 0.733. The maximum absolute atomic E-state index is 12.8. The average Bonchev–Trinajstić information content (AvgIpc) is 2.86. The van der Waals surface area contributed by atoms with Crippen molar-refractivity contribution in [2.45, 2.75) is 52.1 Å². The predicted molar refractivity (Wildman–Crippen MR) is 88.9 cm³/mol. The largest absolute Gasteiger partial charge is 0.444 e. The van der Waals surface area contributed by atoms with Crippen LogP contribution in [0.15, 0.2) is 6.20 Å². The predicted octanol–water partition coefficient (Wildman–Crippen LogP) is 2.48. The van der Waals surface area contributed by atoms with Crippen LogP contribution in [0, 0.1) is 0 Å². The van der Waals surface area contributed by atoms with E-state index in [4.69, 9.17) is 4.74 Å². The van der Waals surface area contributed by atoms with Gasteiger partial charge in [-0.3, -0.25) is 10.4 Å². The van der Waals surface area contributed by atoms with Crippen LogP contribution in [0.2, 0.25) is 0 Å². The average molecular weight is 395 g/mol. The third kappa shape index (κ3) is 5.39. The Kier molecular flexibility index (Phi) is 5.80. The van der Waals surface area contributed by atoms with E-state index in [1.807, 2.05) is 0 Å². The Morgan fingerprint density at radius 3 is 2.44 bits per heavy atom. The van der Waals surface area contributed by atoms with Gasteiger partial charge in [-0.15, -0.1) is 5.23 Å². The van der Waals surface area contributed by atoms with Crippen molar-refractivity contribution >= 4 is 17.6 Å². The number of rotatable bonds is 3. The summed E-state index contributed by atoms with van der Waals surface area (Å²) in [4.78, 5) is 15.3. The van der Waals surface area contributed by atoms with Gasteiger partial charge < -0.3 is 14.5 Å². The van der Waals surface area contributed by atoms with Crippen molar-refractivity contribution in [1.82, 2.24) is 14.7 Å². The van der Waals surface area contributed by atoms with Gasteiger partial charge in [0.2, 0.25) is 0 Å². The number of alkyl halides is 3. The molecule has 0 aromatic carbocycles. The van der Waals surface area contributed by atoms with Crippen molar-refractivity contribution < 1.29 is 33.1 Å². The maximum atomic E-state index is 12.8. The van der Waals surface area contributed by atoms with Gasteiger partial charge in [-0.05, 0) is 27.7 Å². The van der Waals surface area contributed by atoms with E-state index < -0.39 is 24.4 Å². The Labute approximate surface area is 154 Å². The van der Waals surface area contributed by atoms with Crippen LogP contribution in [0.25, 0.3) is 0 Å². The second-order valence-corrected chi connectivity index (χ2v) is 7.38. The van der Waals surface area contributed by atoms with Gasteiger partial charge in [-0.25, -0.2) is 9.48 Å². The van der Waals surface area contributed by atoms with Crippen LogP contribution in [0.1, 0.15) is 27.7 Å². The molecule has 0 radical (unpaired) electrons. The molecule has 154 valence electrons. The summed E-state index contributed by atoms with van der Waals surface area (Å²) in [5.74, 6) is -0.0898. The monoisotopic (exact) mass is 395 g/mol. The number of halogens is 3. The molecule has 12 heteroatoms. The van der Waals surface area contributed by atoms with E-state index in [1.54, 1.807) is 27.7 Å². The normalized spacial score (nSPS) is 18.6. The van der Waals surface area contributed by atoms with Crippen LogP contribution in [-0.2, 0) is 11.3 Å². The molecule has 1 unspecified atom stereocenters. The van der Waals surface area contributed by atoms with E-state index in [2.05, 4.69) is 5.10 Å². The molecule has 1 aromatic rings. The number of carbonyl (C=O) groups excluding carboxylic acids is 1. The van der Waals surface area contributed by atoms with Gasteiger partial charge in [0.05, 0.1) is 6.20 Å². The number of carbonyl (C=O) groups is 1. The van der Waals surface area contributed by atoms with Crippen LogP contribution in [0.5, 0.6) is 0 Å². The standard InChI is InChI=1S/C15H24F3N5O4/c1-10-8-20(5-6-21(10)13(24)27-14(2,3)4)12-11(23(25)26)7-19-22(12)9-15(16,17)18/h7,10,25-26H,5-6,8-9H2,1-4H3. The summed E-state index contributed by atoms with van der Waals surface area (Å²) >= 11 is 0. The lowest BCUT2D eigenvalue weighted by atomic mass is 10.2. The van der Waals surface area contributed by atoms with Gasteiger partial charge in [0.1, 0.15) is 12.1 Å². The number of amides is 1. The molecule has 2 N–H and O–H groups in total. The molecule has 2 heterocycles. The van der Waals surface area contributed by atoms with E-state index in [1.165, 1.54) is 9.80 Å². The molecule has 1 aliphatic rings.